The van der Waals surface area contributed by atoms with Gasteiger partial charge in [0.1, 0.15) is 13.2 Å². The first kappa shape index (κ1) is 69.5. The smallest absolute Gasteiger partial charge is 0.306 e. The minimum Gasteiger partial charge on any atom is -0.462 e. The van der Waals surface area contributed by atoms with Gasteiger partial charge < -0.3 is 14.2 Å². The van der Waals surface area contributed by atoms with Crippen molar-refractivity contribution in [2.24, 2.45) is 0 Å². The molecule has 0 aromatic rings. The summed E-state index contributed by atoms with van der Waals surface area (Å²) in [6, 6.07) is 0. The standard InChI is InChI=1S/C68H110O6/c1-4-7-10-13-16-19-22-25-28-30-31-32-33-34-35-36-37-39-40-43-46-49-52-55-58-61-67(70)73-64-65(63-72-66(69)60-57-54-51-48-45-42-27-24-21-18-15-12-9-6-3)74-68(71)62-59-56-53-50-47-44-41-38-29-26-23-20-17-14-11-8-5-2/h7-8,10-11,15-20,24-29,31-32,34-35,41,44,65H,4-6,9,12-14,21-23,30,33,36-40,42-43,45-64H2,1-3H3/b10-7-,11-8-,18-15-,19-16-,20-17-,27-24-,28-25-,29-26-,32-31-,35-34-,44-41-. The zero-order valence-electron chi connectivity index (χ0n) is 47.8. The van der Waals surface area contributed by atoms with Crippen molar-refractivity contribution >= 4 is 17.9 Å². The average molecular weight is 1020 g/mol. The molecule has 0 aromatic carbocycles. The molecule has 0 spiro atoms. The molecule has 0 heterocycles. The second-order valence-corrected chi connectivity index (χ2v) is 19.5. The maximum atomic E-state index is 12.9. The third-order valence-electron chi connectivity index (χ3n) is 12.4. The Morgan fingerprint density at radius 1 is 0.284 bits per heavy atom. The Morgan fingerprint density at radius 3 is 0.824 bits per heavy atom. The highest BCUT2D eigenvalue weighted by molar-refractivity contribution is 5.71. The minimum atomic E-state index is -0.805. The summed E-state index contributed by atoms with van der Waals surface area (Å²) in [7, 11) is 0. The predicted octanol–water partition coefficient (Wildman–Crippen LogP) is 20.6. The number of ether oxygens (including phenoxy) is 3. The van der Waals surface area contributed by atoms with Gasteiger partial charge in [-0.15, -0.1) is 0 Å². The highest BCUT2D eigenvalue weighted by atomic mass is 16.6. The maximum absolute atomic E-state index is 12.9. The molecule has 0 fully saturated rings. The van der Waals surface area contributed by atoms with Gasteiger partial charge in [-0.25, -0.2) is 0 Å². The monoisotopic (exact) mass is 1020 g/mol. The number of allylic oxidation sites excluding steroid dienone is 22. The third kappa shape index (κ3) is 58.4. The lowest BCUT2D eigenvalue weighted by molar-refractivity contribution is -0.167. The van der Waals surface area contributed by atoms with Gasteiger partial charge in [-0.3, -0.25) is 14.4 Å². The number of rotatable bonds is 53. The van der Waals surface area contributed by atoms with Crippen LogP contribution in [-0.2, 0) is 28.6 Å². The van der Waals surface area contributed by atoms with Crippen molar-refractivity contribution in [1.82, 2.24) is 0 Å². The molecular formula is C68H110O6. The molecule has 6 nitrogen and oxygen atoms in total. The van der Waals surface area contributed by atoms with Crippen molar-refractivity contribution in [3.63, 3.8) is 0 Å². The zero-order valence-corrected chi connectivity index (χ0v) is 47.8. The molecule has 0 N–H and O–H groups in total. The molecule has 0 saturated heterocycles. The molecule has 0 aromatic heterocycles. The molecular weight excluding hydrogens is 913 g/mol. The molecule has 6 heteroatoms. The molecule has 0 bridgehead atoms. The van der Waals surface area contributed by atoms with Gasteiger partial charge in [-0.05, 0) is 128 Å². The van der Waals surface area contributed by atoms with E-state index in [0.717, 1.165) is 161 Å². The second kappa shape index (κ2) is 61.1. The first-order chi connectivity index (χ1) is 36.5. The van der Waals surface area contributed by atoms with Crippen LogP contribution >= 0.6 is 0 Å². The molecule has 0 saturated carbocycles. The molecule has 0 aliphatic carbocycles. The lowest BCUT2D eigenvalue weighted by atomic mass is 10.1. The molecule has 1 unspecified atom stereocenters. The van der Waals surface area contributed by atoms with Crippen LogP contribution in [0.15, 0.2) is 134 Å². The van der Waals surface area contributed by atoms with Crippen LogP contribution in [0.3, 0.4) is 0 Å². The number of unbranched alkanes of at least 4 members (excludes halogenated alkanes) is 20. The van der Waals surface area contributed by atoms with Crippen molar-refractivity contribution in [3.05, 3.63) is 134 Å². The van der Waals surface area contributed by atoms with Gasteiger partial charge in [0.15, 0.2) is 6.10 Å². The highest BCUT2D eigenvalue weighted by Gasteiger charge is 2.19. The molecule has 0 amide bonds. The van der Waals surface area contributed by atoms with Crippen molar-refractivity contribution in [2.45, 2.75) is 264 Å². The summed E-state index contributed by atoms with van der Waals surface area (Å²) in [5.41, 5.74) is 0. The predicted molar refractivity (Wildman–Crippen MR) is 320 cm³/mol. The number of hydrogen-bond acceptors (Lipinski definition) is 6. The van der Waals surface area contributed by atoms with Gasteiger partial charge in [-0.2, -0.15) is 0 Å². The van der Waals surface area contributed by atoms with Crippen LogP contribution in [-0.4, -0.2) is 37.2 Å². The average Bonchev–Trinajstić information content (AvgIpc) is 3.40. The molecule has 74 heavy (non-hydrogen) atoms. The van der Waals surface area contributed by atoms with Crippen LogP contribution in [0, 0.1) is 0 Å². The van der Waals surface area contributed by atoms with E-state index in [4.69, 9.17) is 14.2 Å². The quantitative estimate of drug-likeness (QED) is 0.0261. The van der Waals surface area contributed by atoms with E-state index in [-0.39, 0.29) is 31.1 Å². The Kier molecular flexibility index (Phi) is 57.4. The molecule has 0 aliphatic rings. The molecule has 0 aliphatic heterocycles. The van der Waals surface area contributed by atoms with Crippen molar-refractivity contribution in [2.75, 3.05) is 13.2 Å². The highest BCUT2D eigenvalue weighted by Crippen LogP contribution is 2.14. The molecule has 0 radical (unpaired) electrons. The van der Waals surface area contributed by atoms with E-state index in [0.29, 0.717) is 19.3 Å². The molecule has 418 valence electrons. The van der Waals surface area contributed by atoms with E-state index in [1.165, 1.54) is 57.8 Å². The fraction of sp³-hybridized carbons (Fsp3) is 0.632. The number of esters is 3. The topological polar surface area (TPSA) is 78.9 Å². The van der Waals surface area contributed by atoms with Gasteiger partial charge in [0.05, 0.1) is 0 Å². The van der Waals surface area contributed by atoms with Gasteiger partial charge in [0.2, 0.25) is 0 Å². The largest absolute Gasteiger partial charge is 0.462 e. The van der Waals surface area contributed by atoms with Gasteiger partial charge in [-0.1, -0.05) is 244 Å². The summed E-state index contributed by atoms with van der Waals surface area (Å²) in [4.78, 5) is 38.2. The summed E-state index contributed by atoms with van der Waals surface area (Å²) in [5, 5.41) is 0. The van der Waals surface area contributed by atoms with Crippen LogP contribution in [0.4, 0.5) is 0 Å². The Bertz CT molecular complexity index is 1600. The van der Waals surface area contributed by atoms with E-state index < -0.39 is 6.10 Å². The third-order valence-corrected chi connectivity index (χ3v) is 12.4. The summed E-state index contributed by atoms with van der Waals surface area (Å²) in [6.07, 6.45) is 85.8. The minimum absolute atomic E-state index is 0.0998. The van der Waals surface area contributed by atoms with Crippen LogP contribution in [0.5, 0.6) is 0 Å². The SMILES string of the molecule is CC/C=C\C/C=C\C/C=C\C/C=C\C/C=C\CCCCCCCCCCCC(=O)OCC(COC(=O)CCCCCCC/C=C\C/C=C\CCCC)OC(=O)CCCCCC/C=C\C/C=C\C/C=C\C/C=C\CC. The lowest BCUT2D eigenvalue weighted by Gasteiger charge is -2.18. The van der Waals surface area contributed by atoms with Crippen molar-refractivity contribution in [3.8, 4) is 0 Å². The summed E-state index contributed by atoms with van der Waals surface area (Å²) >= 11 is 0. The fourth-order valence-corrected chi connectivity index (χ4v) is 7.89. The van der Waals surface area contributed by atoms with Crippen LogP contribution < -0.4 is 0 Å². The van der Waals surface area contributed by atoms with E-state index >= 15 is 0 Å². The zero-order chi connectivity index (χ0) is 53.6. The van der Waals surface area contributed by atoms with Crippen molar-refractivity contribution < 1.29 is 28.6 Å². The number of hydrogen-bond donors (Lipinski definition) is 0. The van der Waals surface area contributed by atoms with Crippen LogP contribution in [0.1, 0.15) is 258 Å². The fourth-order valence-electron chi connectivity index (χ4n) is 7.89. The van der Waals surface area contributed by atoms with Crippen molar-refractivity contribution in [1.29, 1.82) is 0 Å². The normalized spacial score (nSPS) is 13.1. The Hall–Kier alpha value is -4.45. The van der Waals surface area contributed by atoms with Crippen LogP contribution in [0.25, 0.3) is 0 Å². The molecule has 0 rings (SSSR count). The maximum Gasteiger partial charge on any atom is 0.306 e. The number of carbonyl (C=O) groups excluding carboxylic acids is 3. The summed E-state index contributed by atoms with van der Waals surface area (Å²) in [5.74, 6) is -0.945. The Labute approximate surface area is 455 Å². The Balaban J connectivity index is 4.41. The van der Waals surface area contributed by atoms with E-state index in [2.05, 4.69) is 154 Å². The summed E-state index contributed by atoms with van der Waals surface area (Å²) in [6.45, 7) is 6.33. The lowest BCUT2D eigenvalue weighted by Crippen LogP contribution is -2.30. The number of carbonyl (C=O) groups is 3. The van der Waals surface area contributed by atoms with Gasteiger partial charge in [0.25, 0.3) is 0 Å². The second-order valence-electron chi connectivity index (χ2n) is 19.5. The Morgan fingerprint density at radius 2 is 0.527 bits per heavy atom. The van der Waals surface area contributed by atoms with E-state index in [1.807, 2.05) is 0 Å². The van der Waals surface area contributed by atoms with E-state index in [9.17, 15) is 14.4 Å². The summed E-state index contributed by atoms with van der Waals surface area (Å²) < 4.78 is 16.9. The van der Waals surface area contributed by atoms with Crippen LogP contribution in [0.2, 0.25) is 0 Å². The first-order valence-electron chi connectivity index (χ1n) is 30.2. The van der Waals surface area contributed by atoms with Gasteiger partial charge >= 0.3 is 17.9 Å². The van der Waals surface area contributed by atoms with E-state index in [1.54, 1.807) is 0 Å². The first-order valence-corrected chi connectivity index (χ1v) is 30.2. The molecule has 1 atom stereocenters. The van der Waals surface area contributed by atoms with Gasteiger partial charge in [0, 0.05) is 19.3 Å².